The second-order valence-corrected chi connectivity index (χ2v) is 3.30. The van der Waals surface area contributed by atoms with Crippen molar-refractivity contribution in [3.63, 3.8) is 0 Å². The second kappa shape index (κ2) is 5.25. The first-order valence-corrected chi connectivity index (χ1v) is 4.69. The van der Waals surface area contributed by atoms with Gasteiger partial charge in [0, 0.05) is 4.47 Å². The van der Waals surface area contributed by atoms with E-state index in [4.69, 9.17) is 5.26 Å². The molecule has 0 spiro atoms. The molecular weight excluding hydrogens is 246 g/mol. The second-order valence-electron chi connectivity index (χ2n) is 2.45. The van der Waals surface area contributed by atoms with Crippen LogP contribution in [0.3, 0.4) is 0 Å². The molecule has 72 valence electrons. The number of amides is 2. The number of carbonyl (C=O) groups excluding carboxylic acids is 1. The number of hydrogen-bond acceptors (Lipinski definition) is 2. The molecule has 0 aliphatic rings. The molecule has 2 amide bonds. The highest BCUT2D eigenvalue weighted by atomic mass is 79.9. The quantitative estimate of drug-likeness (QED) is 0.793. The normalized spacial score (nSPS) is 8.86. The maximum atomic E-state index is 11.1. The van der Waals surface area contributed by atoms with Crippen LogP contribution < -0.4 is 10.6 Å². The van der Waals surface area contributed by atoms with Crippen molar-refractivity contribution in [3.05, 3.63) is 28.7 Å². The SMILES string of the molecule is N#CCNC(=O)Nc1ccccc1Br. The van der Waals surface area contributed by atoms with Crippen molar-refractivity contribution in [2.24, 2.45) is 0 Å². The van der Waals surface area contributed by atoms with Crippen LogP contribution in [0.5, 0.6) is 0 Å². The van der Waals surface area contributed by atoms with Crippen LogP contribution in [0.1, 0.15) is 0 Å². The van der Waals surface area contributed by atoms with E-state index in [1.165, 1.54) is 0 Å². The number of carbonyl (C=O) groups is 1. The zero-order chi connectivity index (χ0) is 10.4. The summed E-state index contributed by atoms with van der Waals surface area (Å²) in [7, 11) is 0. The molecule has 0 heterocycles. The highest BCUT2D eigenvalue weighted by molar-refractivity contribution is 9.10. The van der Waals surface area contributed by atoms with Gasteiger partial charge in [0.05, 0.1) is 11.8 Å². The van der Waals surface area contributed by atoms with E-state index < -0.39 is 6.03 Å². The van der Waals surface area contributed by atoms with E-state index >= 15 is 0 Å². The van der Waals surface area contributed by atoms with Crippen molar-refractivity contribution in [1.29, 1.82) is 5.26 Å². The van der Waals surface area contributed by atoms with Crippen LogP contribution in [0.2, 0.25) is 0 Å². The standard InChI is InChI=1S/C9H8BrN3O/c10-7-3-1-2-4-8(7)13-9(14)12-6-5-11/h1-4H,6H2,(H2,12,13,14). The number of anilines is 1. The fourth-order valence-corrected chi connectivity index (χ4v) is 1.23. The van der Waals surface area contributed by atoms with E-state index in [2.05, 4.69) is 26.6 Å². The number of para-hydroxylation sites is 1. The molecule has 0 unspecified atom stereocenters. The van der Waals surface area contributed by atoms with Gasteiger partial charge in [0.2, 0.25) is 0 Å². The van der Waals surface area contributed by atoms with Gasteiger partial charge in [-0.05, 0) is 28.1 Å². The molecule has 4 nitrogen and oxygen atoms in total. The minimum Gasteiger partial charge on any atom is -0.325 e. The van der Waals surface area contributed by atoms with Crippen molar-refractivity contribution in [2.45, 2.75) is 0 Å². The minimum atomic E-state index is -0.390. The summed E-state index contributed by atoms with van der Waals surface area (Å²) in [6, 6.07) is 8.66. The molecule has 2 N–H and O–H groups in total. The molecule has 0 saturated heterocycles. The largest absolute Gasteiger partial charge is 0.325 e. The molecule has 5 heteroatoms. The van der Waals surface area contributed by atoms with Gasteiger partial charge in [0.1, 0.15) is 6.54 Å². The van der Waals surface area contributed by atoms with Gasteiger partial charge < -0.3 is 10.6 Å². The van der Waals surface area contributed by atoms with Gasteiger partial charge in [-0.15, -0.1) is 0 Å². The lowest BCUT2D eigenvalue weighted by molar-refractivity contribution is 0.253. The Morgan fingerprint density at radius 3 is 2.86 bits per heavy atom. The lowest BCUT2D eigenvalue weighted by atomic mass is 10.3. The predicted molar refractivity (Wildman–Crippen MR) is 56.8 cm³/mol. The first-order valence-electron chi connectivity index (χ1n) is 3.90. The first kappa shape index (κ1) is 10.5. The highest BCUT2D eigenvalue weighted by Crippen LogP contribution is 2.20. The molecule has 0 fully saturated rings. The van der Waals surface area contributed by atoms with E-state index in [1.54, 1.807) is 6.07 Å². The third-order valence-electron chi connectivity index (χ3n) is 1.45. The van der Waals surface area contributed by atoms with Crippen LogP contribution in [0, 0.1) is 11.3 Å². The third kappa shape index (κ3) is 3.07. The van der Waals surface area contributed by atoms with Gasteiger partial charge in [-0.2, -0.15) is 5.26 Å². The van der Waals surface area contributed by atoms with E-state index in [0.29, 0.717) is 5.69 Å². The lowest BCUT2D eigenvalue weighted by Gasteiger charge is -2.06. The fraction of sp³-hybridized carbons (Fsp3) is 0.111. The molecule has 0 aliphatic carbocycles. The molecule has 0 aliphatic heterocycles. The van der Waals surface area contributed by atoms with Gasteiger partial charge in [-0.25, -0.2) is 4.79 Å². The van der Waals surface area contributed by atoms with Crippen LogP contribution in [-0.2, 0) is 0 Å². The van der Waals surface area contributed by atoms with E-state index in [9.17, 15) is 4.79 Å². The van der Waals surface area contributed by atoms with E-state index in [0.717, 1.165) is 4.47 Å². The lowest BCUT2D eigenvalue weighted by Crippen LogP contribution is -2.28. The first-order chi connectivity index (χ1) is 6.74. The van der Waals surface area contributed by atoms with Crippen molar-refractivity contribution in [1.82, 2.24) is 5.32 Å². The number of halogens is 1. The highest BCUT2D eigenvalue weighted by Gasteiger charge is 2.02. The van der Waals surface area contributed by atoms with Gasteiger partial charge in [0.15, 0.2) is 0 Å². The molecule has 1 rings (SSSR count). The number of nitrogens with zero attached hydrogens (tertiary/aromatic N) is 1. The van der Waals surface area contributed by atoms with Crippen molar-refractivity contribution < 1.29 is 4.79 Å². The number of nitrogens with one attached hydrogen (secondary N) is 2. The molecule has 0 saturated carbocycles. The van der Waals surface area contributed by atoms with Gasteiger partial charge in [0.25, 0.3) is 0 Å². The smallest absolute Gasteiger partial charge is 0.320 e. The maximum absolute atomic E-state index is 11.1. The Hall–Kier alpha value is -1.54. The molecule has 1 aromatic carbocycles. The van der Waals surface area contributed by atoms with Crippen molar-refractivity contribution in [3.8, 4) is 6.07 Å². The molecule has 1 aromatic rings. The third-order valence-corrected chi connectivity index (χ3v) is 2.14. The predicted octanol–water partition coefficient (Wildman–Crippen LogP) is 2.09. The fourth-order valence-electron chi connectivity index (χ4n) is 0.849. The molecule has 14 heavy (non-hydrogen) atoms. The van der Waals surface area contributed by atoms with Crippen LogP contribution in [-0.4, -0.2) is 12.6 Å². The number of urea groups is 1. The Bertz CT molecular complexity index is 373. The molecule has 0 bridgehead atoms. The van der Waals surface area contributed by atoms with E-state index in [1.807, 2.05) is 24.3 Å². The Morgan fingerprint density at radius 1 is 1.50 bits per heavy atom. The van der Waals surface area contributed by atoms with Gasteiger partial charge in [-0.1, -0.05) is 12.1 Å². The zero-order valence-corrected chi connectivity index (χ0v) is 8.84. The van der Waals surface area contributed by atoms with Crippen molar-refractivity contribution >= 4 is 27.6 Å². The average Bonchev–Trinajstić information content (AvgIpc) is 2.18. The maximum Gasteiger partial charge on any atom is 0.320 e. The van der Waals surface area contributed by atoms with Crippen LogP contribution >= 0.6 is 15.9 Å². The molecule has 0 aromatic heterocycles. The Labute approximate surface area is 90.0 Å². The topological polar surface area (TPSA) is 64.9 Å². The summed E-state index contributed by atoms with van der Waals surface area (Å²) in [5.41, 5.74) is 0.669. The minimum absolute atomic E-state index is 0.00368. The summed E-state index contributed by atoms with van der Waals surface area (Å²) in [6.45, 7) is -0.00368. The summed E-state index contributed by atoms with van der Waals surface area (Å²) in [4.78, 5) is 11.1. The Morgan fingerprint density at radius 2 is 2.21 bits per heavy atom. The molecule has 0 atom stereocenters. The Kier molecular flexibility index (Phi) is 3.95. The van der Waals surface area contributed by atoms with Gasteiger partial charge in [-0.3, -0.25) is 0 Å². The summed E-state index contributed by atoms with van der Waals surface area (Å²) >= 11 is 3.29. The summed E-state index contributed by atoms with van der Waals surface area (Å²) < 4.78 is 0.798. The van der Waals surface area contributed by atoms with Crippen molar-refractivity contribution in [2.75, 3.05) is 11.9 Å². The number of rotatable bonds is 2. The average molecular weight is 254 g/mol. The summed E-state index contributed by atoms with van der Waals surface area (Å²) in [5.74, 6) is 0. The molecular formula is C9H8BrN3O. The monoisotopic (exact) mass is 253 g/mol. The zero-order valence-electron chi connectivity index (χ0n) is 7.25. The van der Waals surface area contributed by atoms with Crippen LogP contribution in [0.4, 0.5) is 10.5 Å². The summed E-state index contributed by atoms with van der Waals surface area (Å²) in [6.07, 6.45) is 0. The van der Waals surface area contributed by atoms with E-state index in [-0.39, 0.29) is 6.54 Å². The van der Waals surface area contributed by atoms with Gasteiger partial charge >= 0.3 is 6.03 Å². The number of hydrogen-bond donors (Lipinski definition) is 2. The summed E-state index contributed by atoms with van der Waals surface area (Å²) in [5, 5.41) is 13.2. The number of nitriles is 1. The molecule has 0 radical (unpaired) electrons. The van der Waals surface area contributed by atoms with Crippen LogP contribution in [0.25, 0.3) is 0 Å². The number of benzene rings is 1. The van der Waals surface area contributed by atoms with Crippen LogP contribution in [0.15, 0.2) is 28.7 Å². The Balaban J connectivity index is 2.57.